The standard InChI is InChI=1S/C11H9N5S2/c1-6-8(9-14-11(17)16-15-9)18-10(13-6)7-3-2-4-12-5-7/h2-5H,1H3,(H2,14,15,16,17). The molecule has 0 aliphatic carbocycles. The predicted molar refractivity (Wildman–Crippen MR) is 72.8 cm³/mol. The van der Waals surface area contributed by atoms with Gasteiger partial charge in [-0.3, -0.25) is 15.2 Å². The highest BCUT2D eigenvalue weighted by atomic mass is 32.1. The van der Waals surface area contributed by atoms with Crippen molar-refractivity contribution < 1.29 is 0 Å². The van der Waals surface area contributed by atoms with Gasteiger partial charge in [-0.1, -0.05) is 0 Å². The lowest BCUT2D eigenvalue weighted by Gasteiger charge is -1.92. The van der Waals surface area contributed by atoms with E-state index in [9.17, 15) is 0 Å². The number of aromatic nitrogens is 5. The van der Waals surface area contributed by atoms with Gasteiger partial charge < -0.3 is 0 Å². The highest BCUT2D eigenvalue weighted by molar-refractivity contribution is 7.71. The molecule has 0 aliphatic rings. The number of pyridine rings is 1. The van der Waals surface area contributed by atoms with Crippen LogP contribution in [0.15, 0.2) is 24.5 Å². The lowest BCUT2D eigenvalue weighted by Crippen LogP contribution is -1.80. The van der Waals surface area contributed by atoms with E-state index >= 15 is 0 Å². The molecule has 18 heavy (non-hydrogen) atoms. The number of hydrogen-bond acceptors (Lipinski definition) is 5. The van der Waals surface area contributed by atoms with Crippen LogP contribution < -0.4 is 0 Å². The molecule has 3 heterocycles. The molecule has 0 saturated carbocycles. The Balaban J connectivity index is 2.09. The van der Waals surface area contributed by atoms with E-state index in [2.05, 4.69) is 25.1 Å². The van der Waals surface area contributed by atoms with E-state index in [1.807, 2.05) is 19.1 Å². The average molecular weight is 275 g/mol. The second kappa shape index (κ2) is 4.43. The van der Waals surface area contributed by atoms with E-state index in [-0.39, 0.29) is 0 Å². The summed E-state index contributed by atoms with van der Waals surface area (Å²) in [6.07, 6.45) is 3.55. The van der Waals surface area contributed by atoms with Crippen molar-refractivity contribution in [1.29, 1.82) is 0 Å². The van der Waals surface area contributed by atoms with E-state index < -0.39 is 0 Å². The van der Waals surface area contributed by atoms with Crippen LogP contribution in [0.25, 0.3) is 21.3 Å². The monoisotopic (exact) mass is 275 g/mol. The van der Waals surface area contributed by atoms with Crippen LogP contribution in [0.1, 0.15) is 5.69 Å². The number of nitrogens with zero attached hydrogens (tertiary/aromatic N) is 3. The van der Waals surface area contributed by atoms with Crippen molar-refractivity contribution in [3.63, 3.8) is 0 Å². The van der Waals surface area contributed by atoms with Gasteiger partial charge in [0.15, 0.2) is 5.82 Å². The minimum absolute atomic E-state index is 0.445. The molecule has 3 aromatic rings. The van der Waals surface area contributed by atoms with E-state index in [4.69, 9.17) is 12.2 Å². The Labute approximate surface area is 112 Å². The SMILES string of the molecule is Cc1nc(-c2cccnc2)sc1-c1nc(=S)[nH][nH]1. The largest absolute Gasteiger partial charge is 0.281 e. The van der Waals surface area contributed by atoms with Crippen molar-refractivity contribution in [3.05, 3.63) is 35.0 Å². The normalized spacial score (nSPS) is 10.7. The second-order valence-electron chi connectivity index (χ2n) is 3.69. The minimum atomic E-state index is 0.445. The van der Waals surface area contributed by atoms with Crippen molar-refractivity contribution in [3.8, 4) is 21.3 Å². The lowest BCUT2D eigenvalue weighted by molar-refractivity contribution is 1.08. The molecule has 0 atom stereocenters. The molecule has 2 N–H and O–H groups in total. The molecule has 7 heteroatoms. The van der Waals surface area contributed by atoms with Crippen LogP contribution in [0, 0.1) is 11.7 Å². The Hall–Kier alpha value is -1.86. The number of rotatable bonds is 2. The van der Waals surface area contributed by atoms with Gasteiger partial charge in [0.1, 0.15) is 5.01 Å². The first-order valence-corrected chi connectivity index (χ1v) is 6.49. The number of aryl methyl sites for hydroxylation is 1. The Bertz CT molecular complexity index is 725. The summed E-state index contributed by atoms with van der Waals surface area (Å²) in [5.41, 5.74) is 1.93. The van der Waals surface area contributed by atoms with Gasteiger partial charge in [-0.05, 0) is 31.3 Å². The summed E-state index contributed by atoms with van der Waals surface area (Å²) in [6.45, 7) is 1.96. The Kier molecular flexibility index (Phi) is 2.77. The topological polar surface area (TPSA) is 70.2 Å². The average Bonchev–Trinajstić information content (AvgIpc) is 2.97. The van der Waals surface area contributed by atoms with Gasteiger partial charge in [-0.25, -0.2) is 4.98 Å². The van der Waals surface area contributed by atoms with Crippen molar-refractivity contribution in [2.45, 2.75) is 6.92 Å². The van der Waals surface area contributed by atoms with Gasteiger partial charge in [0.05, 0.1) is 10.6 Å². The fraction of sp³-hybridized carbons (Fsp3) is 0.0909. The molecule has 0 spiro atoms. The zero-order valence-corrected chi connectivity index (χ0v) is 11.1. The van der Waals surface area contributed by atoms with Crippen LogP contribution in [-0.4, -0.2) is 25.1 Å². The zero-order valence-electron chi connectivity index (χ0n) is 9.47. The Morgan fingerprint density at radius 3 is 2.83 bits per heavy atom. The molecular weight excluding hydrogens is 266 g/mol. The van der Waals surface area contributed by atoms with Crippen molar-refractivity contribution in [2.75, 3.05) is 0 Å². The van der Waals surface area contributed by atoms with Gasteiger partial charge in [0, 0.05) is 18.0 Å². The molecule has 3 aromatic heterocycles. The maximum Gasteiger partial charge on any atom is 0.213 e. The molecule has 0 saturated heterocycles. The van der Waals surface area contributed by atoms with Crippen LogP contribution >= 0.6 is 23.6 Å². The van der Waals surface area contributed by atoms with Gasteiger partial charge in [-0.2, -0.15) is 4.98 Å². The molecule has 0 aromatic carbocycles. The van der Waals surface area contributed by atoms with Crippen molar-refractivity contribution in [1.82, 2.24) is 25.1 Å². The summed E-state index contributed by atoms with van der Waals surface area (Å²) in [4.78, 5) is 13.8. The zero-order chi connectivity index (χ0) is 12.5. The van der Waals surface area contributed by atoms with Crippen LogP contribution in [0.3, 0.4) is 0 Å². The highest BCUT2D eigenvalue weighted by Gasteiger charge is 2.13. The van der Waals surface area contributed by atoms with E-state index in [1.165, 1.54) is 0 Å². The third kappa shape index (κ3) is 1.98. The van der Waals surface area contributed by atoms with Crippen molar-refractivity contribution in [2.24, 2.45) is 0 Å². The number of thiazole rings is 1. The predicted octanol–water partition coefficient (Wildman–Crippen LogP) is 2.96. The first kappa shape index (κ1) is 11.2. The van der Waals surface area contributed by atoms with E-state index in [1.54, 1.807) is 23.7 Å². The van der Waals surface area contributed by atoms with Crippen LogP contribution in [0.2, 0.25) is 0 Å². The van der Waals surface area contributed by atoms with Crippen LogP contribution in [0.4, 0.5) is 0 Å². The summed E-state index contributed by atoms with van der Waals surface area (Å²) < 4.78 is 0.445. The van der Waals surface area contributed by atoms with Crippen LogP contribution in [0.5, 0.6) is 0 Å². The third-order valence-corrected chi connectivity index (χ3v) is 3.83. The molecule has 0 fully saturated rings. The number of nitrogens with one attached hydrogen (secondary N) is 2. The maximum atomic E-state index is 4.95. The quantitative estimate of drug-likeness (QED) is 0.705. The first-order chi connectivity index (χ1) is 8.74. The number of hydrogen-bond donors (Lipinski definition) is 2. The lowest BCUT2D eigenvalue weighted by atomic mass is 10.3. The van der Waals surface area contributed by atoms with Crippen LogP contribution in [-0.2, 0) is 0 Å². The minimum Gasteiger partial charge on any atom is -0.281 e. The molecular formula is C11H9N5S2. The van der Waals surface area contributed by atoms with Crippen molar-refractivity contribution >= 4 is 23.6 Å². The molecule has 0 unspecified atom stereocenters. The van der Waals surface area contributed by atoms with E-state index in [0.29, 0.717) is 4.77 Å². The summed E-state index contributed by atoms with van der Waals surface area (Å²) >= 11 is 6.52. The first-order valence-electron chi connectivity index (χ1n) is 5.27. The molecule has 0 radical (unpaired) electrons. The fourth-order valence-electron chi connectivity index (χ4n) is 1.61. The molecule has 0 aliphatic heterocycles. The highest BCUT2D eigenvalue weighted by Crippen LogP contribution is 2.32. The molecule has 0 amide bonds. The Morgan fingerprint density at radius 1 is 1.28 bits per heavy atom. The van der Waals surface area contributed by atoms with Gasteiger partial charge in [0.2, 0.25) is 4.77 Å². The summed E-state index contributed by atoms with van der Waals surface area (Å²) in [6, 6.07) is 3.88. The second-order valence-corrected chi connectivity index (χ2v) is 5.08. The number of H-pyrrole nitrogens is 2. The molecule has 3 rings (SSSR count). The molecule has 90 valence electrons. The third-order valence-electron chi connectivity index (χ3n) is 2.42. The molecule has 0 bridgehead atoms. The summed E-state index contributed by atoms with van der Waals surface area (Å²) in [5.74, 6) is 0.727. The van der Waals surface area contributed by atoms with E-state index in [0.717, 1.165) is 27.0 Å². The van der Waals surface area contributed by atoms with Gasteiger partial charge in [0.25, 0.3) is 0 Å². The fourth-order valence-corrected chi connectivity index (χ4v) is 2.75. The van der Waals surface area contributed by atoms with Gasteiger partial charge >= 0.3 is 0 Å². The summed E-state index contributed by atoms with van der Waals surface area (Å²) in [5, 5.41) is 6.66. The summed E-state index contributed by atoms with van der Waals surface area (Å²) in [7, 11) is 0. The maximum absolute atomic E-state index is 4.95. The molecule has 5 nitrogen and oxygen atoms in total. The smallest absolute Gasteiger partial charge is 0.213 e. The number of aromatic amines is 2. The van der Waals surface area contributed by atoms with Gasteiger partial charge in [-0.15, -0.1) is 11.3 Å². The Morgan fingerprint density at radius 2 is 2.17 bits per heavy atom.